The SMILES string of the molecule is CC(C)(O)[C@H]1CC[C@@H](c2ccccc2)O1. The summed E-state index contributed by atoms with van der Waals surface area (Å²) in [5.74, 6) is 0. The molecule has 0 aromatic heterocycles. The van der Waals surface area contributed by atoms with E-state index in [9.17, 15) is 5.11 Å². The molecule has 1 saturated heterocycles. The van der Waals surface area contributed by atoms with Crippen LogP contribution in [0.5, 0.6) is 0 Å². The Bertz CT molecular complexity index is 313. The molecule has 0 saturated carbocycles. The molecule has 1 aromatic rings. The Balaban J connectivity index is 2.05. The lowest BCUT2D eigenvalue weighted by molar-refractivity contribution is -0.0834. The van der Waals surface area contributed by atoms with Gasteiger partial charge in [-0.3, -0.25) is 0 Å². The molecular weight excluding hydrogens is 188 g/mol. The first-order valence-electron chi connectivity index (χ1n) is 5.50. The lowest BCUT2D eigenvalue weighted by Crippen LogP contribution is -2.35. The van der Waals surface area contributed by atoms with E-state index in [1.54, 1.807) is 0 Å². The van der Waals surface area contributed by atoms with Crippen LogP contribution in [0.4, 0.5) is 0 Å². The maximum absolute atomic E-state index is 9.86. The molecule has 0 bridgehead atoms. The van der Waals surface area contributed by atoms with E-state index in [4.69, 9.17) is 4.74 Å². The highest BCUT2D eigenvalue weighted by atomic mass is 16.5. The lowest BCUT2D eigenvalue weighted by Gasteiger charge is -2.25. The molecule has 0 aliphatic carbocycles. The van der Waals surface area contributed by atoms with E-state index >= 15 is 0 Å². The molecule has 1 aliphatic heterocycles. The molecule has 0 radical (unpaired) electrons. The summed E-state index contributed by atoms with van der Waals surface area (Å²) < 4.78 is 5.86. The number of ether oxygens (including phenoxy) is 1. The predicted octanol–water partition coefficient (Wildman–Crippen LogP) is 2.68. The minimum absolute atomic E-state index is 0.0392. The highest BCUT2D eigenvalue weighted by molar-refractivity contribution is 5.18. The summed E-state index contributed by atoms with van der Waals surface area (Å²) >= 11 is 0. The van der Waals surface area contributed by atoms with Crippen LogP contribution in [0, 0.1) is 0 Å². The molecule has 2 atom stereocenters. The van der Waals surface area contributed by atoms with Crippen molar-refractivity contribution in [3.05, 3.63) is 35.9 Å². The van der Waals surface area contributed by atoms with E-state index in [1.165, 1.54) is 5.56 Å². The minimum atomic E-state index is -0.733. The van der Waals surface area contributed by atoms with Crippen molar-refractivity contribution in [1.82, 2.24) is 0 Å². The van der Waals surface area contributed by atoms with Crippen molar-refractivity contribution in [2.45, 2.75) is 44.5 Å². The van der Waals surface area contributed by atoms with Crippen LogP contribution in [-0.2, 0) is 4.74 Å². The lowest BCUT2D eigenvalue weighted by atomic mass is 9.98. The van der Waals surface area contributed by atoms with Gasteiger partial charge < -0.3 is 9.84 Å². The topological polar surface area (TPSA) is 29.5 Å². The average molecular weight is 206 g/mol. The van der Waals surface area contributed by atoms with Gasteiger partial charge in [0.25, 0.3) is 0 Å². The standard InChI is InChI=1S/C13H18O2/c1-13(2,14)12-9-8-11(15-12)10-6-4-3-5-7-10/h3-7,11-12,14H,8-9H2,1-2H3/t11-,12+/m0/s1. The summed E-state index contributed by atoms with van der Waals surface area (Å²) in [5, 5.41) is 9.86. The fraction of sp³-hybridized carbons (Fsp3) is 0.538. The molecule has 2 rings (SSSR count). The van der Waals surface area contributed by atoms with E-state index < -0.39 is 5.60 Å². The highest BCUT2D eigenvalue weighted by Crippen LogP contribution is 2.36. The van der Waals surface area contributed by atoms with Gasteiger partial charge in [0.2, 0.25) is 0 Å². The summed E-state index contributed by atoms with van der Waals surface area (Å²) in [5.41, 5.74) is 0.480. The second kappa shape index (κ2) is 3.95. The number of benzene rings is 1. The Morgan fingerprint density at radius 2 is 1.87 bits per heavy atom. The van der Waals surface area contributed by atoms with Crippen LogP contribution in [0.1, 0.15) is 38.4 Å². The monoisotopic (exact) mass is 206 g/mol. The molecule has 2 nitrogen and oxygen atoms in total. The average Bonchev–Trinajstić information content (AvgIpc) is 2.67. The Morgan fingerprint density at radius 1 is 1.20 bits per heavy atom. The number of aliphatic hydroxyl groups is 1. The second-order valence-corrected chi connectivity index (χ2v) is 4.76. The van der Waals surface area contributed by atoms with Crippen LogP contribution in [0.3, 0.4) is 0 Å². The smallest absolute Gasteiger partial charge is 0.0865 e. The first-order chi connectivity index (χ1) is 7.07. The van der Waals surface area contributed by atoms with Gasteiger partial charge in [-0.1, -0.05) is 30.3 Å². The van der Waals surface area contributed by atoms with Crippen molar-refractivity contribution < 1.29 is 9.84 Å². The normalized spacial score (nSPS) is 26.9. The molecule has 1 heterocycles. The van der Waals surface area contributed by atoms with E-state index in [2.05, 4.69) is 12.1 Å². The van der Waals surface area contributed by atoms with Gasteiger partial charge in [0.05, 0.1) is 17.8 Å². The summed E-state index contributed by atoms with van der Waals surface area (Å²) in [6, 6.07) is 10.2. The zero-order valence-corrected chi connectivity index (χ0v) is 9.31. The van der Waals surface area contributed by atoms with E-state index in [0.29, 0.717) is 0 Å². The Morgan fingerprint density at radius 3 is 2.40 bits per heavy atom. The van der Waals surface area contributed by atoms with E-state index in [1.807, 2.05) is 32.0 Å². The van der Waals surface area contributed by atoms with Crippen LogP contribution in [0.2, 0.25) is 0 Å². The molecule has 0 spiro atoms. The molecule has 0 amide bonds. The first kappa shape index (κ1) is 10.7. The fourth-order valence-corrected chi connectivity index (χ4v) is 2.07. The molecule has 2 heteroatoms. The Hall–Kier alpha value is -0.860. The molecule has 82 valence electrons. The minimum Gasteiger partial charge on any atom is -0.388 e. The number of hydrogen-bond acceptors (Lipinski definition) is 2. The van der Waals surface area contributed by atoms with Crippen molar-refractivity contribution >= 4 is 0 Å². The quantitative estimate of drug-likeness (QED) is 0.806. The maximum Gasteiger partial charge on any atom is 0.0865 e. The van der Waals surface area contributed by atoms with E-state index in [0.717, 1.165) is 12.8 Å². The van der Waals surface area contributed by atoms with Crippen LogP contribution in [0.25, 0.3) is 0 Å². The van der Waals surface area contributed by atoms with E-state index in [-0.39, 0.29) is 12.2 Å². The number of hydrogen-bond donors (Lipinski definition) is 1. The van der Waals surface area contributed by atoms with Crippen molar-refractivity contribution in [3.8, 4) is 0 Å². The Labute approximate surface area is 90.9 Å². The van der Waals surface area contributed by atoms with Crippen LogP contribution < -0.4 is 0 Å². The van der Waals surface area contributed by atoms with Crippen molar-refractivity contribution in [3.63, 3.8) is 0 Å². The van der Waals surface area contributed by atoms with Gasteiger partial charge >= 0.3 is 0 Å². The Kier molecular flexibility index (Phi) is 2.81. The predicted molar refractivity (Wildman–Crippen MR) is 59.6 cm³/mol. The summed E-state index contributed by atoms with van der Waals surface area (Å²) in [4.78, 5) is 0. The van der Waals surface area contributed by atoms with Crippen LogP contribution in [0.15, 0.2) is 30.3 Å². The van der Waals surface area contributed by atoms with Gasteiger partial charge in [-0.2, -0.15) is 0 Å². The van der Waals surface area contributed by atoms with Crippen molar-refractivity contribution in [2.75, 3.05) is 0 Å². The largest absolute Gasteiger partial charge is 0.388 e. The third-order valence-corrected chi connectivity index (χ3v) is 2.98. The van der Waals surface area contributed by atoms with Crippen LogP contribution >= 0.6 is 0 Å². The zero-order chi connectivity index (χ0) is 10.9. The van der Waals surface area contributed by atoms with Gasteiger partial charge in [0.15, 0.2) is 0 Å². The molecule has 1 aliphatic rings. The molecular formula is C13H18O2. The first-order valence-corrected chi connectivity index (χ1v) is 5.50. The van der Waals surface area contributed by atoms with Gasteiger partial charge in [0, 0.05) is 0 Å². The zero-order valence-electron chi connectivity index (χ0n) is 9.31. The molecule has 1 aromatic carbocycles. The molecule has 0 unspecified atom stereocenters. The maximum atomic E-state index is 9.86. The highest BCUT2D eigenvalue weighted by Gasteiger charge is 2.35. The van der Waals surface area contributed by atoms with Crippen LogP contribution in [-0.4, -0.2) is 16.8 Å². The molecule has 1 fully saturated rings. The number of rotatable bonds is 2. The van der Waals surface area contributed by atoms with Gasteiger partial charge in [-0.15, -0.1) is 0 Å². The molecule has 15 heavy (non-hydrogen) atoms. The van der Waals surface area contributed by atoms with Gasteiger partial charge in [-0.05, 0) is 32.3 Å². The summed E-state index contributed by atoms with van der Waals surface area (Å²) in [7, 11) is 0. The van der Waals surface area contributed by atoms with Crippen molar-refractivity contribution in [1.29, 1.82) is 0 Å². The summed E-state index contributed by atoms with van der Waals surface area (Å²) in [6.45, 7) is 3.62. The van der Waals surface area contributed by atoms with Gasteiger partial charge in [-0.25, -0.2) is 0 Å². The third-order valence-electron chi connectivity index (χ3n) is 2.98. The molecule has 1 N–H and O–H groups in total. The third kappa shape index (κ3) is 2.39. The van der Waals surface area contributed by atoms with Gasteiger partial charge in [0.1, 0.15) is 0 Å². The fourth-order valence-electron chi connectivity index (χ4n) is 2.07. The summed E-state index contributed by atoms with van der Waals surface area (Å²) in [6.07, 6.45) is 2.05. The van der Waals surface area contributed by atoms with Crippen molar-refractivity contribution in [2.24, 2.45) is 0 Å². The second-order valence-electron chi connectivity index (χ2n) is 4.76.